The highest BCUT2D eigenvalue weighted by atomic mass is 19.1. The van der Waals surface area contributed by atoms with E-state index in [2.05, 4.69) is 40.6 Å². The SMILES string of the molecule is COc1ccc(C2(c3nnc4nc(-c5ccc(F)cc5F)cnn34)CC2)cc1.COc1ccc(C2(c3nnc4ncc(-c5ccc(F)cc5F)nn34)CC2)cc1. The van der Waals surface area contributed by atoms with Crippen LogP contribution in [-0.4, -0.2) is 63.8 Å². The largest absolute Gasteiger partial charge is 0.497 e. The molecule has 4 aromatic heterocycles. The lowest BCUT2D eigenvalue weighted by molar-refractivity contribution is 0.414. The maximum Gasteiger partial charge on any atom is 0.272 e. The highest BCUT2D eigenvalue weighted by molar-refractivity contribution is 5.61. The van der Waals surface area contributed by atoms with Crippen LogP contribution in [0.25, 0.3) is 34.1 Å². The molecule has 16 heteroatoms. The van der Waals surface area contributed by atoms with E-state index in [1.807, 2.05) is 48.5 Å². The number of rotatable bonds is 8. The molecule has 4 heterocycles. The number of aromatic nitrogens is 10. The van der Waals surface area contributed by atoms with Crippen molar-refractivity contribution >= 4 is 11.6 Å². The Labute approximate surface area is 315 Å². The van der Waals surface area contributed by atoms with Gasteiger partial charge in [-0.25, -0.2) is 27.5 Å². The van der Waals surface area contributed by atoms with Crippen LogP contribution in [0.2, 0.25) is 0 Å². The van der Waals surface area contributed by atoms with Crippen molar-refractivity contribution in [1.29, 1.82) is 0 Å². The van der Waals surface area contributed by atoms with E-state index in [1.54, 1.807) is 23.3 Å². The molecule has 280 valence electrons. The van der Waals surface area contributed by atoms with Gasteiger partial charge in [0.15, 0.2) is 11.6 Å². The summed E-state index contributed by atoms with van der Waals surface area (Å²) >= 11 is 0. The van der Waals surface area contributed by atoms with Crippen molar-refractivity contribution < 1.29 is 27.0 Å². The van der Waals surface area contributed by atoms with Crippen molar-refractivity contribution in [3.63, 3.8) is 0 Å². The highest BCUT2D eigenvalue weighted by Gasteiger charge is 2.51. The van der Waals surface area contributed by atoms with Crippen LogP contribution in [-0.2, 0) is 10.8 Å². The van der Waals surface area contributed by atoms with Gasteiger partial charge in [0.2, 0.25) is 0 Å². The van der Waals surface area contributed by atoms with Gasteiger partial charge in [0.05, 0.1) is 43.1 Å². The maximum absolute atomic E-state index is 14.2. The van der Waals surface area contributed by atoms with Gasteiger partial charge in [0.25, 0.3) is 11.6 Å². The van der Waals surface area contributed by atoms with Crippen LogP contribution in [0, 0.1) is 23.3 Å². The van der Waals surface area contributed by atoms with E-state index in [4.69, 9.17) is 9.47 Å². The first-order valence-electron chi connectivity index (χ1n) is 17.6. The molecule has 0 radical (unpaired) electrons. The molecule has 0 N–H and O–H groups in total. The monoisotopic (exact) mass is 758 g/mol. The average molecular weight is 759 g/mol. The minimum absolute atomic E-state index is 0.164. The fourth-order valence-corrected chi connectivity index (χ4v) is 6.99. The fourth-order valence-electron chi connectivity index (χ4n) is 6.99. The van der Waals surface area contributed by atoms with Crippen LogP contribution in [0.15, 0.2) is 97.3 Å². The van der Waals surface area contributed by atoms with Crippen LogP contribution >= 0.6 is 0 Å². The maximum atomic E-state index is 14.2. The first kappa shape index (κ1) is 34.9. The molecular formula is C40H30F4N10O2. The van der Waals surface area contributed by atoms with Crippen LogP contribution in [0.5, 0.6) is 11.5 Å². The summed E-state index contributed by atoms with van der Waals surface area (Å²) in [4.78, 5) is 8.61. The minimum atomic E-state index is -0.699. The molecule has 2 aliphatic carbocycles. The Morgan fingerprint density at radius 2 is 1.05 bits per heavy atom. The number of hydrogen-bond acceptors (Lipinski definition) is 10. The van der Waals surface area contributed by atoms with Gasteiger partial charge in [0, 0.05) is 23.3 Å². The quantitative estimate of drug-likeness (QED) is 0.148. The number of halogens is 4. The number of hydrogen-bond donors (Lipinski definition) is 0. The van der Waals surface area contributed by atoms with Crippen molar-refractivity contribution in [1.82, 2.24) is 49.6 Å². The van der Waals surface area contributed by atoms with Gasteiger partial charge in [-0.3, -0.25) is 0 Å². The lowest BCUT2D eigenvalue weighted by Crippen LogP contribution is -2.15. The Kier molecular flexibility index (Phi) is 8.40. The fraction of sp³-hybridized carbons (Fsp3) is 0.200. The van der Waals surface area contributed by atoms with Crippen LogP contribution in [0.3, 0.4) is 0 Å². The van der Waals surface area contributed by atoms with Crippen LogP contribution in [0.1, 0.15) is 48.5 Å². The van der Waals surface area contributed by atoms with Crippen molar-refractivity contribution in [3.05, 3.63) is 143 Å². The Hall–Kier alpha value is -6.84. The van der Waals surface area contributed by atoms with Gasteiger partial charge in [-0.15, -0.1) is 20.4 Å². The lowest BCUT2D eigenvalue weighted by atomic mass is 9.95. The summed E-state index contributed by atoms with van der Waals surface area (Å²) in [7, 11) is 3.25. The highest BCUT2D eigenvalue weighted by Crippen LogP contribution is 2.53. The standard InChI is InChI=1S/2C20H15F2N5O/c1-28-14-5-2-12(3-6-14)20(8-9-20)18-25-26-19-24-17(11-23-27(18)19)15-7-4-13(21)10-16(15)22;1-28-14-5-2-12(3-6-14)20(8-9-20)18-24-25-19-23-11-17(26-27(18)19)15-7-4-13(21)10-16(15)22/h2*2-7,10-11H,8-9H2,1H3. The van der Waals surface area contributed by atoms with Crippen molar-refractivity contribution in [2.24, 2.45) is 0 Å². The molecular weight excluding hydrogens is 728 g/mol. The average Bonchev–Trinajstić information content (AvgIpc) is 4.12. The second-order valence-electron chi connectivity index (χ2n) is 13.6. The summed E-state index contributed by atoms with van der Waals surface area (Å²) in [5, 5.41) is 25.8. The molecule has 0 bridgehead atoms. The van der Waals surface area contributed by atoms with E-state index in [0.717, 1.165) is 60.4 Å². The normalized spacial score (nSPS) is 15.0. The zero-order valence-electron chi connectivity index (χ0n) is 29.9. The molecule has 56 heavy (non-hydrogen) atoms. The zero-order chi connectivity index (χ0) is 38.6. The number of fused-ring (bicyclic) bond motifs is 2. The van der Waals surface area contributed by atoms with E-state index in [0.29, 0.717) is 17.4 Å². The predicted octanol–water partition coefficient (Wildman–Crippen LogP) is 7.11. The topological polar surface area (TPSA) is 130 Å². The molecule has 0 atom stereocenters. The first-order valence-corrected chi connectivity index (χ1v) is 17.6. The molecule has 2 fully saturated rings. The number of nitrogens with zero attached hydrogens (tertiary/aromatic N) is 10. The second kappa shape index (κ2) is 13.5. The summed E-state index contributed by atoms with van der Waals surface area (Å²) in [6.07, 6.45) is 6.51. The smallest absolute Gasteiger partial charge is 0.272 e. The van der Waals surface area contributed by atoms with Crippen molar-refractivity contribution in [2.75, 3.05) is 14.2 Å². The number of methoxy groups -OCH3 is 2. The molecule has 2 saturated carbocycles. The van der Waals surface area contributed by atoms with Crippen molar-refractivity contribution in [2.45, 2.75) is 36.5 Å². The van der Waals surface area contributed by atoms with Gasteiger partial charge in [-0.05, 0) is 85.3 Å². The van der Waals surface area contributed by atoms with Crippen LogP contribution in [0.4, 0.5) is 17.6 Å². The molecule has 0 amide bonds. The Bertz CT molecular complexity index is 2750. The molecule has 0 unspecified atom stereocenters. The summed E-state index contributed by atoms with van der Waals surface area (Å²) in [6.45, 7) is 0. The second-order valence-corrected chi connectivity index (χ2v) is 13.6. The molecule has 0 saturated heterocycles. The van der Waals surface area contributed by atoms with Gasteiger partial charge in [-0.1, -0.05) is 24.3 Å². The molecule has 4 aromatic carbocycles. The molecule has 2 aliphatic rings. The summed E-state index contributed by atoms with van der Waals surface area (Å²) in [5.41, 5.74) is 2.53. The molecule has 12 nitrogen and oxygen atoms in total. The number of ether oxygens (including phenoxy) is 2. The van der Waals surface area contributed by atoms with Gasteiger partial charge < -0.3 is 9.47 Å². The summed E-state index contributed by atoms with van der Waals surface area (Å²) in [6, 6.07) is 22.4. The Balaban J connectivity index is 0.000000146. The number of benzene rings is 4. The molecule has 0 aliphatic heterocycles. The van der Waals surface area contributed by atoms with Crippen molar-refractivity contribution in [3.8, 4) is 34.0 Å². The molecule has 10 rings (SSSR count). The molecule has 8 aromatic rings. The summed E-state index contributed by atoms with van der Waals surface area (Å²) in [5.74, 6) is 0.852. The van der Waals surface area contributed by atoms with E-state index >= 15 is 0 Å². The zero-order valence-corrected chi connectivity index (χ0v) is 29.9. The Morgan fingerprint density at radius 3 is 1.55 bits per heavy atom. The minimum Gasteiger partial charge on any atom is -0.497 e. The Morgan fingerprint density at radius 1 is 0.554 bits per heavy atom. The van der Waals surface area contributed by atoms with E-state index in [-0.39, 0.29) is 39.1 Å². The van der Waals surface area contributed by atoms with Gasteiger partial charge >= 0.3 is 0 Å². The predicted molar refractivity (Wildman–Crippen MR) is 194 cm³/mol. The van der Waals surface area contributed by atoms with Crippen LogP contribution < -0.4 is 9.47 Å². The third kappa shape index (κ3) is 6.02. The van der Waals surface area contributed by atoms with E-state index in [1.165, 1.54) is 36.7 Å². The third-order valence-corrected chi connectivity index (χ3v) is 10.3. The van der Waals surface area contributed by atoms with E-state index < -0.39 is 23.3 Å². The molecule has 0 spiro atoms. The van der Waals surface area contributed by atoms with Gasteiger partial charge in [-0.2, -0.15) is 19.2 Å². The lowest BCUT2D eigenvalue weighted by Gasteiger charge is -2.14. The summed E-state index contributed by atoms with van der Waals surface area (Å²) < 4.78 is 68.2. The third-order valence-electron chi connectivity index (χ3n) is 10.3. The van der Waals surface area contributed by atoms with E-state index in [9.17, 15) is 17.6 Å². The van der Waals surface area contributed by atoms with Gasteiger partial charge in [0.1, 0.15) is 40.5 Å². The first-order chi connectivity index (χ1) is 27.2.